The molecule has 2 atom stereocenters. The zero-order valence-electron chi connectivity index (χ0n) is 16.8. The van der Waals surface area contributed by atoms with Crippen LogP contribution in [-0.4, -0.2) is 52.8 Å². The minimum absolute atomic E-state index is 0. The van der Waals surface area contributed by atoms with Gasteiger partial charge in [0.15, 0.2) is 5.96 Å². The second-order valence-corrected chi connectivity index (χ2v) is 9.49. The van der Waals surface area contributed by atoms with Crippen molar-refractivity contribution in [2.24, 2.45) is 10.9 Å². The van der Waals surface area contributed by atoms with E-state index < -0.39 is 10.8 Å². The van der Waals surface area contributed by atoms with E-state index in [1.54, 1.807) is 0 Å². The normalized spacial score (nSPS) is 17.6. The van der Waals surface area contributed by atoms with Gasteiger partial charge in [-0.05, 0) is 43.5 Å². The van der Waals surface area contributed by atoms with Crippen LogP contribution < -0.4 is 5.32 Å². The summed E-state index contributed by atoms with van der Waals surface area (Å²) in [5, 5.41) is 3.40. The van der Waals surface area contributed by atoms with Gasteiger partial charge in [-0.25, -0.2) is 0 Å². The minimum atomic E-state index is -0.993. The van der Waals surface area contributed by atoms with Crippen molar-refractivity contribution in [1.29, 1.82) is 0 Å². The maximum Gasteiger partial charge on any atom is 0.193 e. The van der Waals surface area contributed by atoms with E-state index in [-0.39, 0.29) is 24.0 Å². The third-order valence-corrected chi connectivity index (χ3v) is 7.29. The Morgan fingerprint density at radius 2 is 1.86 bits per heavy atom. The quantitative estimate of drug-likeness (QED) is 0.231. The van der Waals surface area contributed by atoms with Crippen LogP contribution in [0.1, 0.15) is 13.3 Å². The molecule has 7 heteroatoms. The molecule has 0 amide bonds. The van der Waals surface area contributed by atoms with Crippen LogP contribution in [0.15, 0.2) is 75.4 Å². The zero-order chi connectivity index (χ0) is 19.6. The monoisotopic (exact) mass is 543 g/mol. The molecule has 1 N–H and O–H groups in total. The summed E-state index contributed by atoms with van der Waals surface area (Å²) in [6.07, 6.45) is 1.19. The molecule has 0 aromatic heterocycles. The van der Waals surface area contributed by atoms with Crippen LogP contribution in [0, 0.1) is 5.92 Å². The van der Waals surface area contributed by atoms with Crippen LogP contribution in [0.5, 0.6) is 0 Å². The SMILES string of the molecule is CCNC(=NCCS(=O)c1ccccc1)N1CCC(CSc2ccccc2)C1.I. The first kappa shape index (κ1) is 24.2. The summed E-state index contributed by atoms with van der Waals surface area (Å²) in [5.74, 6) is 3.32. The number of nitrogens with zero attached hydrogens (tertiary/aromatic N) is 2. The number of thioether (sulfide) groups is 1. The highest BCUT2D eigenvalue weighted by Crippen LogP contribution is 2.25. The Morgan fingerprint density at radius 3 is 2.55 bits per heavy atom. The maximum absolute atomic E-state index is 12.4. The van der Waals surface area contributed by atoms with E-state index in [2.05, 4.69) is 47.5 Å². The summed E-state index contributed by atoms with van der Waals surface area (Å²) in [4.78, 5) is 9.31. The molecule has 2 aromatic rings. The molecule has 2 unspecified atom stereocenters. The van der Waals surface area contributed by atoms with Crippen LogP contribution in [0.25, 0.3) is 0 Å². The van der Waals surface area contributed by atoms with Crippen LogP contribution in [0.2, 0.25) is 0 Å². The molecule has 1 fully saturated rings. The number of rotatable bonds is 8. The lowest BCUT2D eigenvalue weighted by molar-refractivity contribution is 0.475. The molecule has 0 spiro atoms. The Bertz CT molecular complexity index is 774. The van der Waals surface area contributed by atoms with Crippen molar-refractivity contribution < 1.29 is 4.21 Å². The number of aliphatic imine (C=N–C) groups is 1. The van der Waals surface area contributed by atoms with Crippen LogP contribution >= 0.6 is 35.7 Å². The number of hydrogen-bond donors (Lipinski definition) is 1. The fourth-order valence-electron chi connectivity index (χ4n) is 3.24. The molecule has 3 rings (SSSR count). The Morgan fingerprint density at radius 1 is 1.17 bits per heavy atom. The summed E-state index contributed by atoms with van der Waals surface area (Å²) in [7, 11) is -0.993. The van der Waals surface area contributed by atoms with Crippen molar-refractivity contribution in [2.45, 2.75) is 23.1 Å². The van der Waals surface area contributed by atoms with Gasteiger partial charge in [-0.2, -0.15) is 0 Å². The van der Waals surface area contributed by atoms with Gasteiger partial charge in [0.2, 0.25) is 0 Å². The highest BCUT2D eigenvalue weighted by molar-refractivity contribution is 14.0. The van der Waals surface area contributed by atoms with Gasteiger partial charge < -0.3 is 10.2 Å². The smallest absolute Gasteiger partial charge is 0.193 e. The van der Waals surface area contributed by atoms with Crippen LogP contribution in [-0.2, 0) is 10.8 Å². The molecule has 1 aliphatic rings. The van der Waals surface area contributed by atoms with E-state index in [4.69, 9.17) is 4.99 Å². The standard InChI is InChI=1S/C22H29N3OS2.HI/c1-2-23-22(24-14-16-28(26)21-11-7-4-8-12-21)25-15-13-19(17-25)18-27-20-9-5-3-6-10-20;/h3-12,19H,2,13-18H2,1H3,(H,23,24);1H. The number of likely N-dealkylation sites (tertiary alicyclic amines) is 1. The van der Waals surface area contributed by atoms with Crippen molar-refractivity contribution in [3.05, 3.63) is 60.7 Å². The fraction of sp³-hybridized carbons (Fsp3) is 0.409. The molecule has 1 saturated heterocycles. The van der Waals surface area contributed by atoms with Crippen LogP contribution in [0.4, 0.5) is 0 Å². The van der Waals surface area contributed by atoms with Gasteiger partial charge in [0.25, 0.3) is 0 Å². The molecule has 0 bridgehead atoms. The molecule has 1 aliphatic heterocycles. The summed E-state index contributed by atoms with van der Waals surface area (Å²) < 4.78 is 12.4. The van der Waals surface area contributed by atoms with Crippen molar-refractivity contribution in [2.75, 3.05) is 37.7 Å². The number of guanidine groups is 1. The molecule has 0 saturated carbocycles. The first-order valence-corrected chi connectivity index (χ1v) is 12.2. The number of nitrogens with one attached hydrogen (secondary N) is 1. The Kier molecular flexibility index (Phi) is 11.1. The van der Waals surface area contributed by atoms with Crippen molar-refractivity contribution >= 4 is 52.5 Å². The van der Waals surface area contributed by atoms with E-state index in [9.17, 15) is 4.21 Å². The summed E-state index contributed by atoms with van der Waals surface area (Å²) in [6.45, 7) is 5.59. The predicted molar refractivity (Wildman–Crippen MR) is 136 cm³/mol. The lowest BCUT2D eigenvalue weighted by Crippen LogP contribution is -2.40. The highest BCUT2D eigenvalue weighted by Gasteiger charge is 2.24. The molecular formula is C22H30IN3OS2. The van der Waals surface area contributed by atoms with E-state index in [0.29, 0.717) is 18.2 Å². The average molecular weight is 544 g/mol. The second-order valence-electron chi connectivity index (χ2n) is 6.82. The van der Waals surface area contributed by atoms with Gasteiger partial charge in [-0.15, -0.1) is 35.7 Å². The van der Waals surface area contributed by atoms with Gasteiger partial charge >= 0.3 is 0 Å². The first-order chi connectivity index (χ1) is 13.8. The minimum Gasteiger partial charge on any atom is -0.357 e. The first-order valence-electron chi connectivity index (χ1n) is 9.90. The second kappa shape index (κ2) is 13.3. The lowest BCUT2D eigenvalue weighted by atomic mass is 10.2. The number of benzene rings is 2. The molecule has 2 aromatic carbocycles. The van der Waals surface area contributed by atoms with Crippen molar-refractivity contribution in [1.82, 2.24) is 10.2 Å². The van der Waals surface area contributed by atoms with Gasteiger partial charge in [0.1, 0.15) is 0 Å². The summed E-state index contributed by atoms with van der Waals surface area (Å²) in [5.41, 5.74) is 0. The molecular weight excluding hydrogens is 513 g/mol. The van der Waals surface area contributed by atoms with Gasteiger partial charge in [-0.3, -0.25) is 9.20 Å². The summed E-state index contributed by atoms with van der Waals surface area (Å²) in [6, 6.07) is 20.2. The molecule has 4 nitrogen and oxygen atoms in total. The lowest BCUT2D eigenvalue weighted by Gasteiger charge is -2.21. The molecule has 1 heterocycles. The van der Waals surface area contributed by atoms with E-state index in [1.807, 2.05) is 42.1 Å². The van der Waals surface area contributed by atoms with Crippen molar-refractivity contribution in [3.63, 3.8) is 0 Å². The van der Waals surface area contributed by atoms with Crippen LogP contribution in [0.3, 0.4) is 0 Å². The zero-order valence-corrected chi connectivity index (χ0v) is 20.8. The third kappa shape index (κ3) is 7.94. The van der Waals surface area contributed by atoms with Crippen molar-refractivity contribution in [3.8, 4) is 0 Å². The van der Waals surface area contributed by atoms with E-state index >= 15 is 0 Å². The number of hydrogen-bond acceptors (Lipinski definition) is 3. The molecule has 0 aliphatic carbocycles. The average Bonchev–Trinajstić information content (AvgIpc) is 3.22. The maximum atomic E-state index is 12.4. The predicted octanol–water partition coefficient (Wildman–Crippen LogP) is 4.49. The van der Waals surface area contributed by atoms with Gasteiger partial charge in [0, 0.05) is 40.9 Å². The Hall–Kier alpha value is -1.06. The highest BCUT2D eigenvalue weighted by atomic mass is 127. The van der Waals surface area contributed by atoms with Gasteiger partial charge in [0.05, 0.1) is 17.3 Å². The van der Waals surface area contributed by atoms with E-state index in [0.717, 1.165) is 36.2 Å². The van der Waals surface area contributed by atoms with Gasteiger partial charge in [-0.1, -0.05) is 36.4 Å². The van der Waals surface area contributed by atoms with E-state index in [1.165, 1.54) is 11.3 Å². The third-order valence-electron chi connectivity index (χ3n) is 4.69. The molecule has 29 heavy (non-hydrogen) atoms. The Balaban J connectivity index is 0.00000300. The Labute approximate surface area is 198 Å². The summed E-state index contributed by atoms with van der Waals surface area (Å²) >= 11 is 1.94. The molecule has 158 valence electrons. The topological polar surface area (TPSA) is 44.7 Å². The largest absolute Gasteiger partial charge is 0.357 e. The molecule has 0 radical (unpaired) electrons. The number of halogens is 1. The fourth-order valence-corrected chi connectivity index (χ4v) is 5.25.